The van der Waals surface area contributed by atoms with Gasteiger partial charge in [-0.15, -0.1) is 0 Å². The van der Waals surface area contributed by atoms with Gasteiger partial charge in [0, 0.05) is 17.9 Å². The van der Waals surface area contributed by atoms with Crippen molar-refractivity contribution in [1.82, 2.24) is 19.9 Å². The van der Waals surface area contributed by atoms with Gasteiger partial charge in [-0.05, 0) is 114 Å². The molecule has 0 bridgehead atoms. The highest BCUT2D eigenvalue weighted by Gasteiger charge is 2.16. The number of aliphatic hydroxyl groups excluding tert-OH is 1. The van der Waals surface area contributed by atoms with Gasteiger partial charge in [0.05, 0.1) is 29.0 Å². The molecule has 38 heavy (non-hydrogen) atoms. The van der Waals surface area contributed by atoms with Crippen LogP contribution >= 0.6 is 0 Å². The van der Waals surface area contributed by atoms with E-state index < -0.39 is 0 Å². The number of methoxy groups -OCH3 is 1. The molecule has 0 fully saturated rings. The van der Waals surface area contributed by atoms with Gasteiger partial charge in [0.2, 0.25) is 0 Å². The van der Waals surface area contributed by atoms with Crippen molar-refractivity contribution >= 4 is 21.8 Å². The summed E-state index contributed by atoms with van der Waals surface area (Å²) in [7, 11) is 1.58. The van der Waals surface area contributed by atoms with Gasteiger partial charge in [-0.1, -0.05) is 0 Å². The summed E-state index contributed by atoms with van der Waals surface area (Å²) in [6.07, 6.45) is 0. The zero-order valence-electron chi connectivity index (χ0n) is 24.6. The molecule has 0 amide bonds. The van der Waals surface area contributed by atoms with E-state index in [-0.39, 0.29) is 20.0 Å². The van der Waals surface area contributed by atoms with Crippen LogP contribution in [0.25, 0.3) is 21.8 Å². The smallest absolute Gasteiger partial charge is 0.319 e. The second-order valence-corrected chi connectivity index (χ2v) is 9.75. The Kier molecular flexibility index (Phi) is 9.22. The van der Waals surface area contributed by atoms with Gasteiger partial charge in [0.25, 0.3) is 0 Å². The van der Waals surface area contributed by atoms with Crippen LogP contribution in [-0.2, 0) is 4.74 Å². The first-order valence-electron chi connectivity index (χ1n) is 12.8. The first-order valence-corrected chi connectivity index (χ1v) is 12.8. The first-order chi connectivity index (χ1) is 17.9. The Balaban J connectivity index is 0.000000211. The van der Waals surface area contributed by atoms with Crippen LogP contribution in [-0.4, -0.2) is 52.2 Å². The molecule has 0 aliphatic carbocycles. The summed E-state index contributed by atoms with van der Waals surface area (Å²) in [5, 5.41) is 11.0. The van der Waals surface area contributed by atoms with Crippen molar-refractivity contribution in [2.45, 2.75) is 69.2 Å². The number of aryl methyl sites for hydroxylation is 6. The molecule has 4 rings (SSSR count). The number of benzene rings is 2. The fourth-order valence-corrected chi connectivity index (χ4v) is 4.77. The Morgan fingerprint density at radius 3 is 1.32 bits per heavy atom. The highest BCUT2D eigenvalue weighted by molar-refractivity contribution is 5.90. The van der Waals surface area contributed by atoms with Crippen LogP contribution in [0.2, 0.25) is 0 Å². The Morgan fingerprint density at radius 1 is 0.526 bits per heavy atom. The van der Waals surface area contributed by atoms with Crippen LogP contribution < -0.4 is 9.47 Å². The van der Waals surface area contributed by atoms with E-state index in [9.17, 15) is 0 Å². The van der Waals surface area contributed by atoms with Crippen LogP contribution in [0.3, 0.4) is 0 Å². The first kappa shape index (κ1) is 29.2. The van der Waals surface area contributed by atoms with E-state index >= 15 is 0 Å². The van der Waals surface area contributed by atoms with Crippen molar-refractivity contribution in [2.75, 3.05) is 27.1 Å². The lowest BCUT2D eigenvalue weighted by Gasteiger charge is -2.15. The Bertz CT molecular complexity index is 1390. The van der Waals surface area contributed by atoms with E-state index in [1.165, 1.54) is 38.9 Å². The molecule has 0 saturated carbocycles. The normalized spacial score (nSPS) is 11.1. The summed E-state index contributed by atoms with van der Waals surface area (Å²) in [6.45, 7) is 21.2. The third-order valence-electron chi connectivity index (χ3n) is 7.60. The Hall–Kier alpha value is -3.36. The van der Waals surface area contributed by atoms with Crippen LogP contribution in [0.5, 0.6) is 12.0 Å². The van der Waals surface area contributed by atoms with E-state index in [1.807, 2.05) is 13.8 Å². The van der Waals surface area contributed by atoms with Gasteiger partial charge in [0.15, 0.2) is 6.79 Å². The summed E-state index contributed by atoms with van der Waals surface area (Å²) in [5.74, 6) is 0. The maximum atomic E-state index is 8.81. The lowest BCUT2D eigenvalue weighted by atomic mass is 9.94. The molecule has 0 aliphatic heterocycles. The van der Waals surface area contributed by atoms with Crippen molar-refractivity contribution < 1.29 is 19.3 Å². The molecule has 8 heteroatoms. The number of nitrogens with zero attached hydrogens (tertiary/aromatic N) is 4. The minimum Gasteiger partial charge on any atom is -0.461 e. The van der Waals surface area contributed by atoms with E-state index in [1.54, 1.807) is 7.11 Å². The SMILES string of the molecule is COCOc1nc(C)c2c(C)c(C)c(C)c(C)c2n1.Cc1c(C)c(C)c2c(C)nc(OCCO)nc2c1C. The van der Waals surface area contributed by atoms with E-state index in [4.69, 9.17) is 19.3 Å². The minimum atomic E-state index is -0.0363. The van der Waals surface area contributed by atoms with E-state index in [2.05, 4.69) is 75.3 Å². The number of hydrogen-bond donors (Lipinski definition) is 1. The lowest BCUT2D eigenvalue weighted by molar-refractivity contribution is 0.0444. The standard InChI is InChI=1S/2C15H20N2O2/c1-8-9(2)11(4)14-13(10(8)3)12(5)16-15(17-14)19-7-18-6;1-8-9(2)11(4)14-13(10(8)3)12(5)16-15(17-14)19-7-6-18/h7H2,1-6H3;18H,6-7H2,1-5H3. The molecule has 0 spiro atoms. The Labute approximate surface area is 225 Å². The molecule has 1 N–H and O–H groups in total. The quantitative estimate of drug-likeness (QED) is 0.323. The van der Waals surface area contributed by atoms with Crippen LogP contribution in [0.15, 0.2) is 0 Å². The molecule has 0 unspecified atom stereocenters. The molecular weight excluding hydrogens is 480 g/mol. The third-order valence-corrected chi connectivity index (χ3v) is 7.60. The van der Waals surface area contributed by atoms with Crippen molar-refractivity contribution in [3.63, 3.8) is 0 Å². The monoisotopic (exact) mass is 520 g/mol. The minimum absolute atomic E-state index is 0.0363. The summed E-state index contributed by atoms with van der Waals surface area (Å²) >= 11 is 0. The van der Waals surface area contributed by atoms with Crippen molar-refractivity contribution in [3.05, 3.63) is 55.9 Å². The number of rotatable bonds is 6. The molecule has 204 valence electrons. The molecule has 2 heterocycles. The summed E-state index contributed by atoms with van der Waals surface area (Å²) in [4.78, 5) is 17.8. The fourth-order valence-electron chi connectivity index (χ4n) is 4.77. The molecule has 8 nitrogen and oxygen atoms in total. The number of fused-ring (bicyclic) bond motifs is 2. The largest absolute Gasteiger partial charge is 0.461 e. The predicted molar refractivity (Wildman–Crippen MR) is 152 cm³/mol. The average molecular weight is 521 g/mol. The van der Waals surface area contributed by atoms with Gasteiger partial charge in [-0.3, -0.25) is 0 Å². The average Bonchev–Trinajstić information content (AvgIpc) is 2.90. The summed E-state index contributed by atoms with van der Waals surface area (Å²) in [5.41, 5.74) is 13.7. The van der Waals surface area contributed by atoms with Gasteiger partial charge in [-0.2, -0.15) is 19.9 Å². The third kappa shape index (κ3) is 5.56. The molecule has 2 aromatic carbocycles. The highest BCUT2D eigenvalue weighted by atomic mass is 16.7. The second kappa shape index (κ2) is 12.0. The molecule has 2 aromatic heterocycles. The Morgan fingerprint density at radius 2 is 0.921 bits per heavy atom. The maximum absolute atomic E-state index is 8.81. The van der Waals surface area contributed by atoms with Crippen LogP contribution in [0, 0.1) is 69.2 Å². The fraction of sp³-hybridized carbons (Fsp3) is 0.467. The predicted octanol–water partition coefficient (Wildman–Crippen LogP) is 5.70. The summed E-state index contributed by atoms with van der Waals surface area (Å²) < 4.78 is 15.6. The van der Waals surface area contributed by atoms with Gasteiger partial charge in [0.1, 0.15) is 6.61 Å². The van der Waals surface area contributed by atoms with Crippen LogP contribution in [0.4, 0.5) is 0 Å². The number of aromatic nitrogens is 4. The molecule has 0 saturated heterocycles. The molecular formula is C30H40N4O4. The zero-order chi connectivity index (χ0) is 28.3. The number of aliphatic hydroxyl groups is 1. The van der Waals surface area contributed by atoms with Gasteiger partial charge >= 0.3 is 12.0 Å². The van der Waals surface area contributed by atoms with E-state index in [0.29, 0.717) is 12.0 Å². The maximum Gasteiger partial charge on any atom is 0.319 e. The van der Waals surface area contributed by atoms with Crippen molar-refractivity contribution in [2.24, 2.45) is 0 Å². The second-order valence-electron chi connectivity index (χ2n) is 9.75. The molecule has 4 aromatic rings. The molecule has 0 aliphatic rings. The summed E-state index contributed by atoms with van der Waals surface area (Å²) in [6, 6.07) is 0.711. The van der Waals surface area contributed by atoms with Gasteiger partial charge in [-0.25, -0.2) is 0 Å². The number of hydrogen-bond acceptors (Lipinski definition) is 8. The highest BCUT2D eigenvalue weighted by Crippen LogP contribution is 2.31. The van der Waals surface area contributed by atoms with Crippen LogP contribution in [0.1, 0.15) is 55.9 Å². The number of ether oxygens (including phenoxy) is 3. The van der Waals surface area contributed by atoms with E-state index in [0.717, 1.165) is 38.8 Å². The lowest BCUT2D eigenvalue weighted by Crippen LogP contribution is -2.07. The van der Waals surface area contributed by atoms with Crippen molar-refractivity contribution in [3.8, 4) is 12.0 Å². The molecule has 0 radical (unpaired) electrons. The molecule has 0 atom stereocenters. The van der Waals surface area contributed by atoms with Gasteiger partial charge < -0.3 is 19.3 Å². The topological polar surface area (TPSA) is 99.5 Å². The zero-order valence-corrected chi connectivity index (χ0v) is 24.6. The van der Waals surface area contributed by atoms with Crippen molar-refractivity contribution in [1.29, 1.82) is 0 Å².